The summed E-state index contributed by atoms with van der Waals surface area (Å²) in [7, 11) is 0. The lowest BCUT2D eigenvalue weighted by Gasteiger charge is -2.21. The van der Waals surface area contributed by atoms with Gasteiger partial charge in [-0.15, -0.1) is 0 Å². The summed E-state index contributed by atoms with van der Waals surface area (Å²) < 4.78 is 0. The van der Waals surface area contributed by atoms with Gasteiger partial charge in [0.15, 0.2) is 0 Å². The minimum absolute atomic E-state index is 0.794. The molecule has 2 fully saturated rings. The Labute approximate surface area is 57.0 Å². The van der Waals surface area contributed by atoms with Gasteiger partial charge in [0, 0.05) is 12.1 Å². The summed E-state index contributed by atoms with van der Waals surface area (Å²) in [5.41, 5.74) is 0. The molecule has 0 aromatic carbocycles. The van der Waals surface area contributed by atoms with Crippen molar-refractivity contribution in [2.24, 2.45) is 5.92 Å². The van der Waals surface area contributed by atoms with Gasteiger partial charge in [-0.25, -0.2) is 0 Å². The van der Waals surface area contributed by atoms with Crippen LogP contribution in [-0.4, -0.2) is 23.5 Å². The van der Waals surface area contributed by atoms with Crippen LogP contribution in [0.4, 0.5) is 0 Å². The average Bonchev–Trinajstić information content (AvgIpc) is 2.43. The molecule has 0 N–H and O–H groups in total. The average molecular weight is 125 g/mol. The molecule has 1 saturated carbocycles. The van der Waals surface area contributed by atoms with E-state index in [4.69, 9.17) is 0 Å². The second-order valence-corrected chi connectivity index (χ2v) is 3.68. The molecule has 1 nitrogen and oxygen atoms in total. The van der Waals surface area contributed by atoms with Crippen LogP contribution >= 0.6 is 0 Å². The van der Waals surface area contributed by atoms with Crippen LogP contribution in [0.1, 0.15) is 26.7 Å². The van der Waals surface area contributed by atoms with Gasteiger partial charge in [-0.05, 0) is 39.2 Å². The van der Waals surface area contributed by atoms with E-state index in [1.54, 1.807) is 0 Å². The molecule has 0 amide bonds. The second kappa shape index (κ2) is 1.72. The van der Waals surface area contributed by atoms with Crippen molar-refractivity contribution in [3.63, 3.8) is 0 Å². The zero-order valence-electron chi connectivity index (χ0n) is 6.30. The summed E-state index contributed by atoms with van der Waals surface area (Å²) in [5.74, 6) is 1.10. The Morgan fingerprint density at radius 2 is 2.22 bits per heavy atom. The van der Waals surface area contributed by atoms with Crippen LogP contribution in [0.25, 0.3) is 0 Å². The molecular formula is C8H15N. The highest BCUT2D eigenvalue weighted by Crippen LogP contribution is 2.45. The summed E-state index contributed by atoms with van der Waals surface area (Å²) in [4.78, 5) is 2.64. The molecule has 1 saturated heterocycles. The summed E-state index contributed by atoms with van der Waals surface area (Å²) in [6.45, 7) is 5.98. The molecule has 1 aliphatic heterocycles. The molecule has 0 bridgehead atoms. The van der Waals surface area contributed by atoms with E-state index in [1.807, 2.05) is 0 Å². The van der Waals surface area contributed by atoms with Crippen LogP contribution in [-0.2, 0) is 0 Å². The van der Waals surface area contributed by atoms with E-state index in [2.05, 4.69) is 18.7 Å². The Morgan fingerprint density at radius 3 is 2.44 bits per heavy atom. The number of hydrogen-bond acceptors (Lipinski definition) is 1. The van der Waals surface area contributed by atoms with Gasteiger partial charge in [0.05, 0.1) is 0 Å². The van der Waals surface area contributed by atoms with Gasteiger partial charge in [-0.3, -0.25) is 4.90 Å². The predicted molar refractivity (Wildman–Crippen MR) is 38.4 cm³/mol. The predicted octanol–water partition coefficient (Wildman–Crippen LogP) is 1.49. The van der Waals surface area contributed by atoms with Gasteiger partial charge in [0.25, 0.3) is 0 Å². The number of hydrogen-bond donors (Lipinski definition) is 0. The molecule has 1 aliphatic carbocycles. The fourth-order valence-corrected chi connectivity index (χ4v) is 2.07. The number of rotatable bonds is 1. The Kier molecular flexibility index (Phi) is 1.10. The monoisotopic (exact) mass is 125 g/mol. The van der Waals surface area contributed by atoms with Crippen LogP contribution in [0.5, 0.6) is 0 Å². The molecule has 1 unspecified atom stereocenters. The van der Waals surface area contributed by atoms with Crippen molar-refractivity contribution in [3.8, 4) is 0 Å². The molecule has 2 aliphatic rings. The molecule has 0 aromatic rings. The minimum Gasteiger partial charge on any atom is -0.298 e. The molecule has 9 heavy (non-hydrogen) atoms. The summed E-state index contributed by atoms with van der Waals surface area (Å²) in [6, 6.07) is 1.80. The van der Waals surface area contributed by atoms with E-state index in [0.29, 0.717) is 0 Å². The number of piperidine rings is 1. The largest absolute Gasteiger partial charge is 0.298 e. The first-order valence-corrected chi connectivity index (χ1v) is 4.05. The van der Waals surface area contributed by atoms with Gasteiger partial charge >= 0.3 is 0 Å². The lowest BCUT2D eigenvalue weighted by molar-refractivity contribution is 0.242. The van der Waals surface area contributed by atoms with E-state index >= 15 is 0 Å². The third-order valence-electron chi connectivity index (χ3n) is 2.73. The zero-order valence-corrected chi connectivity index (χ0v) is 6.30. The zero-order chi connectivity index (χ0) is 6.43. The quantitative estimate of drug-likeness (QED) is 0.513. The first kappa shape index (κ1) is 5.72. The highest BCUT2D eigenvalue weighted by Gasteiger charge is 2.47. The highest BCUT2D eigenvalue weighted by atomic mass is 15.2. The van der Waals surface area contributed by atoms with Crippen LogP contribution in [0.15, 0.2) is 0 Å². The maximum atomic E-state index is 2.64. The van der Waals surface area contributed by atoms with Crippen LogP contribution in [0.2, 0.25) is 0 Å². The van der Waals surface area contributed by atoms with Crippen molar-refractivity contribution in [1.82, 2.24) is 4.90 Å². The van der Waals surface area contributed by atoms with E-state index in [-0.39, 0.29) is 0 Å². The van der Waals surface area contributed by atoms with E-state index in [9.17, 15) is 0 Å². The second-order valence-electron chi connectivity index (χ2n) is 3.68. The van der Waals surface area contributed by atoms with Gasteiger partial charge in [-0.2, -0.15) is 0 Å². The molecular weight excluding hydrogens is 110 g/mol. The molecule has 2 rings (SSSR count). The Bertz CT molecular complexity index is 120. The summed E-state index contributed by atoms with van der Waals surface area (Å²) in [6.07, 6.45) is 2.97. The molecule has 1 heterocycles. The fraction of sp³-hybridized carbons (Fsp3) is 1.00. The van der Waals surface area contributed by atoms with Gasteiger partial charge < -0.3 is 0 Å². The van der Waals surface area contributed by atoms with Crippen molar-refractivity contribution in [2.45, 2.75) is 38.8 Å². The maximum absolute atomic E-state index is 2.64. The molecule has 0 radical (unpaired) electrons. The summed E-state index contributed by atoms with van der Waals surface area (Å²) >= 11 is 0. The highest BCUT2D eigenvalue weighted by molar-refractivity contribution is 5.01. The lowest BCUT2D eigenvalue weighted by Crippen LogP contribution is -2.30. The van der Waals surface area contributed by atoms with Gasteiger partial charge in [-0.1, -0.05) is 0 Å². The van der Waals surface area contributed by atoms with Crippen LogP contribution < -0.4 is 0 Å². The smallest absolute Gasteiger partial charge is 0.0130 e. The third-order valence-corrected chi connectivity index (χ3v) is 2.73. The Morgan fingerprint density at radius 1 is 1.44 bits per heavy atom. The number of nitrogens with zero attached hydrogens (tertiary/aromatic N) is 1. The Hall–Kier alpha value is -0.0400. The van der Waals surface area contributed by atoms with Crippen molar-refractivity contribution < 1.29 is 0 Å². The maximum Gasteiger partial charge on any atom is 0.0130 e. The molecule has 52 valence electrons. The topological polar surface area (TPSA) is 3.24 Å². The molecule has 0 aromatic heterocycles. The minimum atomic E-state index is 0.794. The third kappa shape index (κ3) is 0.787. The fourth-order valence-electron chi connectivity index (χ4n) is 2.07. The van der Waals surface area contributed by atoms with Gasteiger partial charge in [0.1, 0.15) is 0 Å². The molecule has 2 atom stereocenters. The van der Waals surface area contributed by atoms with Crippen molar-refractivity contribution in [1.29, 1.82) is 0 Å². The van der Waals surface area contributed by atoms with E-state index < -0.39 is 0 Å². The normalized spacial score (nSPS) is 41.7. The standard InChI is InChI=1S/C8H15N/c1-6(2)9-4-3-7-5-8(7)9/h6-8H,3-5H2,1-2H3/t7-,8?/m0/s1. The first-order valence-electron chi connectivity index (χ1n) is 4.05. The van der Waals surface area contributed by atoms with E-state index in [0.717, 1.165) is 18.0 Å². The molecule has 1 heteroatoms. The van der Waals surface area contributed by atoms with Crippen LogP contribution in [0, 0.1) is 5.92 Å². The lowest BCUT2D eigenvalue weighted by atomic mass is 10.3. The van der Waals surface area contributed by atoms with Crippen molar-refractivity contribution in [3.05, 3.63) is 0 Å². The van der Waals surface area contributed by atoms with Crippen molar-refractivity contribution in [2.75, 3.05) is 6.54 Å². The first-order chi connectivity index (χ1) is 4.29. The van der Waals surface area contributed by atoms with E-state index in [1.165, 1.54) is 19.4 Å². The van der Waals surface area contributed by atoms with Gasteiger partial charge in [0.2, 0.25) is 0 Å². The Balaban J connectivity index is 1.98. The SMILES string of the molecule is CC(C)N1CC[C@H]2CC21. The molecule has 0 spiro atoms. The number of likely N-dealkylation sites (tertiary alicyclic amines) is 1. The number of fused-ring (bicyclic) bond motifs is 1. The van der Waals surface area contributed by atoms with Crippen molar-refractivity contribution >= 4 is 0 Å². The summed E-state index contributed by atoms with van der Waals surface area (Å²) in [5, 5.41) is 0. The van der Waals surface area contributed by atoms with Crippen LogP contribution in [0.3, 0.4) is 0 Å².